The van der Waals surface area contributed by atoms with Crippen molar-refractivity contribution in [3.05, 3.63) is 0 Å². The average Bonchev–Trinajstić information content (AvgIpc) is 2.42. The van der Waals surface area contributed by atoms with Crippen LogP contribution < -0.4 is 5.32 Å². The molecule has 0 aliphatic heterocycles. The van der Waals surface area contributed by atoms with Crippen LogP contribution in [-0.2, 0) is 4.79 Å². The van der Waals surface area contributed by atoms with E-state index in [1.165, 1.54) is 6.42 Å². The maximum Gasteiger partial charge on any atom is 0.220 e. The zero-order valence-corrected chi connectivity index (χ0v) is 10.5. The second-order valence-corrected chi connectivity index (χ2v) is 5.31. The molecule has 1 fully saturated rings. The van der Waals surface area contributed by atoms with Gasteiger partial charge in [0.2, 0.25) is 5.91 Å². The predicted octanol–water partition coefficient (Wildman–Crippen LogP) is 2.23. The van der Waals surface area contributed by atoms with Gasteiger partial charge >= 0.3 is 0 Å². The van der Waals surface area contributed by atoms with Crippen LogP contribution in [-0.4, -0.2) is 23.2 Å². The third-order valence-electron chi connectivity index (χ3n) is 3.27. The van der Waals surface area contributed by atoms with Crippen molar-refractivity contribution in [2.24, 2.45) is 5.92 Å². The molecule has 0 spiro atoms. The highest BCUT2D eigenvalue weighted by molar-refractivity contribution is 5.76. The molecule has 0 saturated heterocycles. The van der Waals surface area contributed by atoms with Gasteiger partial charge in [0.1, 0.15) is 0 Å². The van der Waals surface area contributed by atoms with Crippen LogP contribution in [0, 0.1) is 5.92 Å². The van der Waals surface area contributed by atoms with Crippen molar-refractivity contribution >= 4 is 5.91 Å². The first-order valence-electron chi connectivity index (χ1n) is 6.57. The quantitative estimate of drug-likeness (QED) is 0.724. The summed E-state index contributed by atoms with van der Waals surface area (Å²) in [4.78, 5) is 11.7. The molecule has 0 bridgehead atoms. The molecule has 0 radical (unpaired) electrons. The molecule has 2 N–H and O–H groups in total. The van der Waals surface area contributed by atoms with Crippen LogP contribution in [0.2, 0.25) is 0 Å². The van der Waals surface area contributed by atoms with Crippen LogP contribution in [0.3, 0.4) is 0 Å². The summed E-state index contributed by atoms with van der Waals surface area (Å²) in [7, 11) is 0. The predicted molar refractivity (Wildman–Crippen MR) is 65.1 cm³/mol. The van der Waals surface area contributed by atoms with Gasteiger partial charge in [-0.1, -0.05) is 33.1 Å². The van der Waals surface area contributed by atoms with Gasteiger partial charge in [-0.25, -0.2) is 0 Å². The van der Waals surface area contributed by atoms with Gasteiger partial charge in [-0.05, 0) is 25.2 Å². The number of hydrogen-bond acceptors (Lipinski definition) is 2. The summed E-state index contributed by atoms with van der Waals surface area (Å²) in [6.45, 7) is 4.24. The fourth-order valence-electron chi connectivity index (χ4n) is 2.16. The number of carbonyl (C=O) groups excluding carboxylic acids is 1. The Kier molecular flexibility index (Phi) is 5.81. The van der Waals surface area contributed by atoms with Crippen molar-refractivity contribution in [3.8, 4) is 0 Å². The first-order valence-corrected chi connectivity index (χ1v) is 6.57. The summed E-state index contributed by atoms with van der Waals surface area (Å²) in [5.74, 6) is 0.657. The molecule has 1 aliphatic carbocycles. The van der Waals surface area contributed by atoms with Crippen LogP contribution >= 0.6 is 0 Å². The minimum Gasteiger partial charge on any atom is -0.391 e. The summed E-state index contributed by atoms with van der Waals surface area (Å²) in [6, 6.07) is -0.0119. The molecule has 0 aromatic rings. The van der Waals surface area contributed by atoms with E-state index in [1.54, 1.807) is 0 Å². The van der Waals surface area contributed by atoms with Gasteiger partial charge in [0, 0.05) is 6.42 Å². The first-order chi connectivity index (χ1) is 7.59. The molecule has 1 rings (SSSR count). The fraction of sp³-hybridized carbons (Fsp3) is 0.923. The number of hydrogen-bond donors (Lipinski definition) is 2. The van der Waals surface area contributed by atoms with Gasteiger partial charge in [-0.2, -0.15) is 0 Å². The number of aliphatic hydroxyl groups is 1. The van der Waals surface area contributed by atoms with Crippen molar-refractivity contribution < 1.29 is 9.90 Å². The van der Waals surface area contributed by atoms with E-state index in [0.29, 0.717) is 12.3 Å². The van der Waals surface area contributed by atoms with E-state index in [-0.39, 0.29) is 18.1 Å². The van der Waals surface area contributed by atoms with Crippen LogP contribution in [0.25, 0.3) is 0 Å². The fourth-order valence-corrected chi connectivity index (χ4v) is 2.16. The standard InChI is InChI=1S/C13H25NO2/c1-10(2)8-9-13(16)14-11-6-4-3-5-7-12(11)15/h10-12,15H,3-9H2,1-2H3,(H,14,16). The van der Waals surface area contributed by atoms with Crippen molar-refractivity contribution in [1.82, 2.24) is 5.32 Å². The molecule has 1 aliphatic rings. The SMILES string of the molecule is CC(C)CCC(=O)NC1CCCCCC1O. The lowest BCUT2D eigenvalue weighted by Gasteiger charge is -2.21. The Morgan fingerprint density at radius 1 is 1.31 bits per heavy atom. The highest BCUT2D eigenvalue weighted by Gasteiger charge is 2.22. The monoisotopic (exact) mass is 227 g/mol. The molecule has 1 saturated carbocycles. The second-order valence-electron chi connectivity index (χ2n) is 5.31. The normalized spacial score (nSPS) is 26.5. The van der Waals surface area contributed by atoms with Gasteiger partial charge in [-0.15, -0.1) is 0 Å². The molecule has 0 aromatic heterocycles. The number of aliphatic hydroxyl groups excluding tert-OH is 1. The Hall–Kier alpha value is -0.570. The number of carbonyl (C=O) groups is 1. The average molecular weight is 227 g/mol. The Balaban J connectivity index is 2.30. The van der Waals surface area contributed by atoms with Gasteiger partial charge in [0.05, 0.1) is 12.1 Å². The largest absolute Gasteiger partial charge is 0.391 e. The van der Waals surface area contributed by atoms with Crippen LogP contribution in [0.5, 0.6) is 0 Å². The Morgan fingerprint density at radius 2 is 2.00 bits per heavy atom. The second kappa shape index (κ2) is 6.89. The van der Waals surface area contributed by atoms with Gasteiger partial charge < -0.3 is 10.4 Å². The van der Waals surface area contributed by atoms with E-state index in [0.717, 1.165) is 32.1 Å². The molecule has 2 atom stereocenters. The summed E-state index contributed by atoms with van der Waals surface area (Å²) >= 11 is 0. The lowest BCUT2D eigenvalue weighted by atomic mass is 10.0. The Labute approximate surface area is 98.6 Å². The molecule has 1 amide bonds. The van der Waals surface area contributed by atoms with E-state index in [1.807, 2.05) is 0 Å². The molecular weight excluding hydrogens is 202 g/mol. The van der Waals surface area contributed by atoms with E-state index in [2.05, 4.69) is 19.2 Å². The van der Waals surface area contributed by atoms with Crippen LogP contribution in [0.4, 0.5) is 0 Å². The summed E-state index contributed by atoms with van der Waals surface area (Å²) in [6.07, 6.45) is 6.30. The maximum atomic E-state index is 11.7. The minimum atomic E-state index is -0.342. The summed E-state index contributed by atoms with van der Waals surface area (Å²) in [5.41, 5.74) is 0. The van der Waals surface area contributed by atoms with Crippen LogP contribution in [0.1, 0.15) is 58.8 Å². The van der Waals surface area contributed by atoms with E-state index < -0.39 is 0 Å². The maximum absolute atomic E-state index is 11.7. The summed E-state index contributed by atoms with van der Waals surface area (Å²) in [5, 5.41) is 12.8. The van der Waals surface area contributed by atoms with E-state index >= 15 is 0 Å². The third kappa shape index (κ3) is 4.97. The smallest absolute Gasteiger partial charge is 0.220 e. The van der Waals surface area contributed by atoms with Crippen molar-refractivity contribution in [2.75, 3.05) is 0 Å². The molecule has 3 heteroatoms. The lowest BCUT2D eigenvalue weighted by molar-refractivity contribution is -0.123. The van der Waals surface area contributed by atoms with Crippen molar-refractivity contribution in [1.29, 1.82) is 0 Å². The summed E-state index contributed by atoms with van der Waals surface area (Å²) < 4.78 is 0. The Bertz CT molecular complexity index is 216. The minimum absolute atomic E-state index is 0.0119. The van der Waals surface area contributed by atoms with Gasteiger partial charge in [0.25, 0.3) is 0 Å². The van der Waals surface area contributed by atoms with E-state index in [4.69, 9.17) is 0 Å². The molecule has 3 nitrogen and oxygen atoms in total. The van der Waals surface area contributed by atoms with Gasteiger partial charge in [-0.3, -0.25) is 4.79 Å². The molecule has 16 heavy (non-hydrogen) atoms. The van der Waals surface area contributed by atoms with Crippen molar-refractivity contribution in [3.63, 3.8) is 0 Å². The van der Waals surface area contributed by atoms with Gasteiger partial charge in [0.15, 0.2) is 0 Å². The zero-order chi connectivity index (χ0) is 12.0. The topological polar surface area (TPSA) is 49.3 Å². The van der Waals surface area contributed by atoms with Crippen molar-refractivity contribution in [2.45, 2.75) is 70.9 Å². The Morgan fingerprint density at radius 3 is 2.69 bits per heavy atom. The molecule has 2 unspecified atom stereocenters. The molecular formula is C13H25NO2. The molecule has 94 valence electrons. The first kappa shape index (κ1) is 13.5. The molecule has 0 heterocycles. The number of nitrogens with one attached hydrogen (secondary N) is 1. The molecule has 0 aromatic carbocycles. The highest BCUT2D eigenvalue weighted by Crippen LogP contribution is 2.18. The highest BCUT2D eigenvalue weighted by atomic mass is 16.3. The number of amides is 1. The van der Waals surface area contributed by atoms with E-state index in [9.17, 15) is 9.90 Å². The number of rotatable bonds is 4. The van der Waals surface area contributed by atoms with Crippen LogP contribution in [0.15, 0.2) is 0 Å². The third-order valence-corrected chi connectivity index (χ3v) is 3.27. The lowest BCUT2D eigenvalue weighted by Crippen LogP contribution is -2.42. The zero-order valence-electron chi connectivity index (χ0n) is 10.5.